The number of ether oxygens (including phenoxy) is 2. The molecule has 0 amide bonds. The Kier molecular flexibility index (Phi) is 3.09. The van der Waals surface area contributed by atoms with Crippen LogP contribution in [0.4, 0.5) is 0 Å². The van der Waals surface area contributed by atoms with E-state index in [9.17, 15) is 4.79 Å². The van der Waals surface area contributed by atoms with E-state index in [4.69, 9.17) is 14.6 Å². The van der Waals surface area contributed by atoms with E-state index in [0.717, 1.165) is 17.7 Å². The summed E-state index contributed by atoms with van der Waals surface area (Å²) in [6.07, 6.45) is 0.828. The number of aromatic carboxylic acids is 1. The molecule has 1 N–H and O–H groups in total. The Balaban J connectivity index is 1.92. The lowest BCUT2D eigenvalue weighted by Crippen LogP contribution is -2.24. The molecule has 0 bridgehead atoms. The monoisotopic (exact) mass is 284 g/mol. The van der Waals surface area contributed by atoms with Crippen molar-refractivity contribution in [2.45, 2.75) is 25.9 Å². The third kappa shape index (κ3) is 2.70. The fraction of sp³-hybridized carbons (Fsp3) is 0.235. The van der Waals surface area contributed by atoms with Crippen molar-refractivity contribution in [3.63, 3.8) is 0 Å². The first-order chi connectivity index (χ1) is 9.94. The summed E-state index contributed by atoms with van der Waals surface area (Å²) in [5, 5.41) is 9.02. The number of para-hydroxylation sites is 1. The van der Waals surface area contributed by atoms with Crippen LogP contribution in [0.5, 0.6) is 17.2 Å². The van der Waals surface area contributed by atoms with Gasteiger partial charge in [-0.25, -0.2) is 4.79 Å². The zero-order chi connectivity index (χ0) is 15.0. The van der Waals surface area contributed by atoms with Crippen molar-refractivity contribution in [2.24, 2.45) is 0 Å². The van der Waals surface area contributed by atoms with Crippen LogP contribution in [0.2, 0.25) is 0 Å². The van der Waals surface area contributed by atoms with Crippen molar-refractivity contribution in [3.8, 4) is 17.2 Å². The van der Waals surface area contributed by atoms with E-state index in [1.165, 1.54) is 12.1 Å². The lowest BCUT2D eigenvalue weighted by Gasteiger charge is -2.18. The number of fused-ring (bicyclic) bond motifs is 1. The molecule has 21 heavy (non-hydrogen) atoms. The lowest BCUT2D eigenvalue weighted by atomic mass is 10.0. The van der Waals surface area contributed by atoms with Gasteiger partial charge in [-0.15, -0.1) is 0 Å². The van der Waals surface area contributed by atoms with Gasteiger partial charge in [0.15, 0.2) is 11.5 Å². The van der Waals surface area contributed by atoms with Crippen LogP contribution in [0.25, 0.3) is 0 Å². The SMILES string of the molecule is CC1(C)Cc2cccc(Oc3cccc(C(=O)O)c3)c2O1. The lowest BCUT2D eigenvalue weighted by molar-refractivity contribution is 0.0696. The topological polar surface area (TPSA) is 55.8 Å². The van der Waals surface area contributed by atoms with Crippen LogP contribution in [0.15, 0.2) is 42.5 Å². The third-order valence-electron chi connectivity index (χ3n) is 3.36. The molecule has 0 fully saturated rings. The van der Waals surface area contributed by atoms with Crippen molar-refractivity contribution in [2.75, 3.05) is 0 Å². The maximum Gasteiger partial charge on any atom is 0.335 e. The number of carbonyl (C=O) groups is 1. The number of hydrogen-bond donors (Lipinski definition) is 1. The average molecular weight is 284 g/mol. The molecule has 2 aromatic carbocycles. The summed E-state index contributed by atoms with van der Waals surface area (Å²) in [5.74, 6) is 0.858. The van der Waals surface area contributed by atoms with Gasteiger partial charge in [-0.2, -0.15) is 0 Å². The van der Waals surface area contributed by atoms with Crippen LogP contribution < -0.4 is 9.47 Å². The molecule has 108 valence electrons. The van der Waals surface area contributed by atoms with Crippen molar-refractivity contribution in [3.05, 3.63) is 53.6 Å². The van der Waals surface area contributed by atoms with E-state index in [1.807, 2.05) is 32.0 Å². The summed E-state index contributed by atoms with van der Waals surface area (Å²) in [4.78, 5) is 11.0. The Hall–Kier alpha value is -2.49. The first-order valence-electron chi connectivity index (χ1n) is 6.77. The molecule has 1 heterocycles. The Morgan fingerprint density at radius 1 is 1.24 bits per heavy atom. The van der Waals surface area contributed by atoms with Crippen molar-refractivity contribution >= 4 is 5.97 Å². The van der Waals surface area contributed by atoms with Gasteiger partial charge in [-0.05, 0) is 38.1 Å². The number of carboxylic acid groups (broad SMARTS) is 1. The maximum atomic E-state index is 11.0. The molecular formula is C17H16O4. The molecule has 0 saturated heterocycles. The summed E-state index contributed by atoms with van der Waals surface area (Å²) in [7, 11) is 0. The second kappa shape index (κ2) is 4.81. The number of hydrogen-bond acceptors (Lipinski definition) is 3. The van der Waals surface area contributed by atoms with Gasteiger partial charge in [-0.3, -0.25) is 0 Å². The quantitative estimate of drug-likeness (QED) is 0.929. The van der Waals surface area contributed by atoms with Gasteiger partial charge in [0.05, 0.1) is 5.56 Å². The van der Waals surface area contributed by atoms with E-state index < -0.39 is 5.97 Å². The van der Waals surface area contributed by atoms with E-state index in [0.29, 0.717) is 11.5 Å². The fourth-order valence-corrected chi connectivity index (χ4v) is 2.49. The molecule has 3 rings (SSSR count). The molecule has 1 aliphatic rings. The van der Waals surface area contributed by atoms with Crippen LogP contribution in [-0.4, -0.2) is 16.7 Å². The minimum absolute atomic E-state index is 0.196. The van der Waals surface area contributed by atoms with Crippen molar-refractivity contribution in [1.82, 2.24) is 0 Å². The van der Waals surface area contributed by atoms with E-state index in [2.05, 4.69) is 0 Å². The van der Waals surface area contributed by atoms with Crippen LogP contribution in [0, 0.1) is 0 Å². The largest absolute Gasteiger partial charge is 0.483 e. The van der Waals surface area contributed by atoms with Gasteiger partial charge in [0.25, 0.3) is 0 Å². The van der Waals surface area contributed by atoms with Gasteiger partial charge in [-0.1, -0.05) is 18.2 Å². The van der Waals surface area contributed by atoms with E-state index in [-0.39, 0.29) is 11.2 Å². The summed E-state index contributed by atoms with van der Waals surface area (Å²) >= 11 is 0. The molecule has 1 aliphatic heterocycles. The third-order valence-corrected chi connectivity index (χ3v) is 3.36. The normalized spacial score (nSPS) is 15.1. The zero-order valence-corrected chi connectivity index (χ0v) is 11.9. The molecule has 0 aliphatic carbocycles. The summed E-state index contributed by atoms with van der Waals surface area (Å²) in [5.41, 5.74) is 1.05. The minimum atomic E-state index is -0.976. The first-order valence-corrected chi connectivity index (χ1v) is 6.77. The molecule has 0 atom stereocenters. The van der Waals surface area contributed by atoms with Gasteiger partial charge in [0.1, 0.15) is 11.4 Å². The van der Waals surface area contributed by atoms with Gasteiger partial charge < -0.3 is 14.6 Å². The smallest absolute Gasteiger partial charge is 0.335 e. The number of carboxylic acids is 1. The maximum absolute atomic E-state index is 11.0. The predicted molar refractivity (Wildman–Crippen MR) is 78.3 cm³/mol. The van der Waals surface area contributed by atoms with Gasteiger partial charge in [0.2, 0.25) is 0 Å². The average Bonchev–Trinajstić information content (AvgIpc) is 2.74. The van der Waals surface area contributed by atoms with Crippen LogP contribution >= 0.6 is 0 Å². The molecule has 0 unspecified atom stereocenters. The van der Waals surface area contributed by atoms with E-state index >= 15 is 0 Å². The summed E-state index contributed by atoms with van der Waals surface area (Å²) in [6, 6.07) is 12.2. The standard InChI is InChI=1S/C17H16O4/c1-17(2)10-12-6-4-8-14(15(12)21-17)20-13-7-3-5-11(9-13)16(18)19/h3-9H,10H2,1-2H3,(H,18,19). The van der Waals surface area contributed by atoms with E-state index in [1.54, 1.807) is 12.1 Å². The molecule has 4 heteroatoms. The highest BCUT2D eigenvalue weighted by Crippen LogP contribution is 2.43. The Bertz CT molecular complexity index is 704. The van der Waals surface area contributed by atoms with Gasteiger partial charge in [0, 0.05) is 12.0 Å². The molecule has 0 radical (unpaired) electrons. The van der Waals surface area contributed by atoms with Crippen LogP contribution in [-0.2, 0) is 6.42 Å². The molecule has 2 aromatic rings. The summed E-state index contributed by atoms with van der Waals surface area (Å²) < 4.78 is 11.8. The second-order valence-electron chi connectivity index (χ2n) is 5.72. The molecular weight excluding hydrogens is 268 g/mol. The second-order valence-corrected chi connectivity index (χ2v) is 5.72. The number of benzene rings is 2. The fourth-order valence-electron chi connectivity index (χ4n) is 2.49. The highest BCUT2D eigenvalue weighted by atomic mass is 16.5. The zero-order valence-electron chi connectivity index (χ0n) is 11.9. The molecule has 4 nitrogen and oxygen atoms in total. The molecule has 0 aromatic heterocycles. The highest BCUT2D eigenvalue weighted by molar-refractivity contribution is 5.88. The van der Waals surface area contributed by atoms with Crippen molar-refractivity contribution in [1.29, 1.82) is 0 Å². The Labute approximate surface area is 122 Å². The first kappa shape index (κ1) is 13.5. The summed E-state index contributed by atoms with van der Waals surface area (Å²) in [6.45, 7) is 4.06. The minimum Gasteiger partial charge on any atom is -0.483 e. The van der Waals surface area contributed by atoms with Crippen LogP contribution in [0.1, 0.15) is 29.8 Å². The highest BCUT2D eigenvalue weighted by Gasteiger charge is 2.32. The molecule has 0 spiro atoms. The van der Waals surface area contributed by atoms with Crippen LogP contribution in [0.3, 0.4) is 0 Å². The predicted octanol–water partition coefficient (Wildman–Crippen LogP) is 3.89. The molecule has 0 saturated carbocycles. The van der Waals surface area contributed by atoms with Gasteiger partial charge >= 0.3 is 5.97 Å². The Morgan fingerprint density at radius 3 is 2.76 bits per heavy atom. The van der Waals surface area contributed by atoms with Crippen molar-refractivity contribution < 1.29 is 19.4 Å². The Morgan fingerprint density at radius 2 is 2.00 bits per heavy atom. The number of rotatable bonds is 3.